The Hall–Kier alpha value is -0.540. The van der Waals surface area contributed by atoms with Gasteiger partial charge in [0.25, 0.3) is 0 Å². The first-order chi connectivity index (χ1) is 6.61. The van der Waals surface area contributed by atoms with Gasteiger partial charge in [-0.25, -0.2) is 0 Å². The van der Waals surface area contributed by atoms with Gasteiger partial charge in [-0.15, -0.1) is 0 Å². The largest absolute Gasteiger partial charge is 0.495 e. The Labute approximate surface area is 95.0 Å². The SMILES string of the molecule is COc1cc(C)c(Cl)c(C)c1NCS. The Morgan fingerprint density at radius 3 is 2.64 bits per heavy atom. The molecule has 0 spiro atoms. The van der Waals surface area contributed by atoms with Crippen molar-refractivity contribution in [3.05, 3.63) is 22.2 Å². The molecule has 2 nitrogen and oxygen atoms in total. The summed E-state index contributed by atoms with van der Waals surface area (Å²) in [6.07, 6.45) is 0. The van der Waals surface area contributed by atoms with Crippen molar-refractivity contribution in [3.63, 3.8) is 0 Å². The predicted molar refractivity (Wildman–Crippen MR) is 65.0 cm³/mol. The lowest BCUT2D eigenvalue weighted by Crippen LogP contribution is -2.01. The number of benzene rings is 1. The minimum Gasteiger partial charge on any atom is -0.495 e. The molecule has 0 atom stereocenters. The Bertz CT molecular complexity index is 341. The van der Waals surface area contributed by atoms with Gasteiger partial charge in [0.05, 0.1) is 18.7 Å². The van der Waals surface area contributed by atoms with Crippen LogP contribution in [0.4, 0.5) is 5.69 Å². The molecule has 0 amide bonds. The Balaban J connectivity index is 3.29. The van der Waals surface area contributed by atoms with Crippen molar-refractivity contribution in [1.29, 1.82) is 0 Å². The van der Waals surface area contributed by atoms with E-state index in [-0.39, 0.29) is 0 Å². The number of hydrogen-bond acceptors (Lipinski definition) is 3. The van der Waals surface area contributed by atoms with Crippen LogP contribution in [0.15, 0.2) is 6.07 Å². The van der Waals surface area contributed by atoms with Crippen LogP contribution in [0.25, 0.3) is 0 Å². The molecule has 1 rings (SSSR count). The molecule has 1 N–H and O–H groups in total. The molecule has 0 aliphatic rings. The molecule has 0 aromatic heterocycles. The van der Waals surface area contributed by atoms with E-state index in [1.165, 1.54) is 0 Å². The zero-order chi connectivity index (χ0) is 10.7. The Morgan fingerprint density at radius 2 is 2.14 bits per heavy atom. The molecule has 14 heavy (non-hydrogen) atoms. The third-order valence-corrected chi connectivity index (χ3v) is 2.86. The van der Waals surface area contributed by atoms with E-state index in [2.05, 4.69) is 17.9 Å². The van der Waals surface area contributed by atoms with Gasteiger partial charge in [0.15, 0.2) is 0 Å². The van der Waals surface area contributed by atoms with Crippen molar-refractivity contribution in [2.75, 3.05) is 18.3 Å². The van der Waals surface area contributed by atoms with E-state index in [0.717, 1.165) is 27.6 Å². The minimum absolute atomic E-state index is 0.552. The fraction of sp³-hybridized carbons (Fsp3) is 0.400. The van der Waals surface area contributed by atoms with E-state index < -0.39 is 0 Å². The van der Waals surface area contributed by atoms with E-state index >= 15 is 0 Å². The molecular weight excluding hydrogens is 218 g/mol. The van der Waals surface area contributed by atoms with Gasteiger partial charge < -0.3 is 10.1 Å². The highest BCUT2D eigenvalue weighted by Gasteiger charge is 2.11. The monoisotopic (exact) mass is 231 g/mol. The molecule has 1 aromatic carbocycles. The maximum absolute atomic E-state index is 6.13. The summed E-state index contributed by atoms with van der Waals surface area (Å²) in [5, 5.41) is 3.89. The highest BCUT2D eigenvalue weighted by molar-refractivity contribution is 7.80. The average molecular weight is 232 g/mol. The molecule has 0 saturated heterocycles. The van der Waals surface area contributed by atoms with Crippen LogP contribution in [-0.4, -0.2) is 13.0 Å². The van der Waals surface area contributed by atoms with Crippen LogP contribution >= 0.6 is 24.2 Å². The van der Waals surface area contributed by atoms with Gasteiger partial charge in [-0.3, -0.25) is 0 Å². The third-order valence-electron chi connectivity index (χ3n) is 2.12. The fourth-order valence-electron chi connectivity index (χ4n) is 1.38. The first-order valence-electron chi connectivity index (χ1n) is 4.30. The quantitative estimate of drug-likeness (QED) is 0.616. The first kappa shape index (κ1) is 11.5. The summed E-state index contributed by atoms with van der Waals surface area (Å²) in [6.45, 7) is 3.92. The number of hydrogen-bond donors (Lipinski definition) is 2. The highest BCUT2D eigenvalue weighted by atomic mass is 35.5. The molecular formula is C10H14ClNOS. The number of rotatable bonds is 3. The normalized spacial score (nSPS) is 10.1. The lowest BCUT2D eigenvalue weighted by Gasteiger charge is -2.15. The number of nitrogens with one attached hydrogen (secondary N) is 1. The second-order valence-electron chi connectivity index (χ2n) is 3.04. The van der Waals surface area contributed by atoms with Gasteiger partial charge >= 0.3 is 0 Å². The van der Waals surface area contributed by atoms with Crippen molar-refractivity contribution in [3.8, 4) is 5.75 Å². The first-order valence-corrected chi connectivity index (χ1v) is 5.31. The summed E-state index contributed by atoms with van der Waals surface area (Å²) in [5.41, 5.74) is 2.93. The van der Waals surface area contributed by atoms with Crippen LogP contribution in [-0.2, 0) is 0 Å². The molecule has 0 aliphatic carbocycles. The van der Waals surface area contributed by atoms with Crippen LogP contribution in [0, 0.1) is 13.8 Å². The maximum Gasteiger partial charge on any atom is 0.142 e. The zero-order valence-corrected chi connectivity index (χ0v) is 10.2. The summed E-state index contributed by atoms with van der Waals surface area (Å²) >= 11 is 10.2. The molecule has 0 saturated carbocycles. The summed E-state index contributed by atoms with van der Waals surface area (Å²) in [4.78, 5) is 0. The average Bonchev–Trinajstić information content (AvgIpc) is 2.19. The lowest BCUT2D eigenvalue weighted by molar-refractivity contribution is 0.416. The Kier molecular flexibility index (Phi) is 3.96. The number of thiol groups is 1. The molecule has 0 radical (unpaired) electrons. The van der Waals surface area contributed by atoms with E-state index in [9.17, 15) is 0 Å². The van der Waals surface area contributed by atoms with E-state index in [1.807, 2.05) is 19.9 Å². The van der Waals surface area contributed by atoms with Crippen molar-refractivity contribution >= 4 is 29.9 Å². The molecule has 0 bridgehead atoms. The van der Waals surface area contributed by atoms with E-state index in [0.29, 0.717) is 5.88 Å². The van der Waals surface area contributed by atoms with E-state index in [4.69, 9.17) is 16.3 Å². The van der Waals surface area contributed by atoms with Crippen LogP contribution < -0.4 is 10.1 Å². The molecule has 0 fully saturated rings. The molecule has 0 unspecified atom stereocenters. The van der Waals surface area contributed by atoms with Gasteiger partial charge in [0.2, 0.25) is 0 Å². The molecule has 78 valence electrons. The van der Waals surface area contributed by atoms with Crippen LogP contribution in [0.3, 0.4) is 0 Å². The molecule has 0 heterocycles. The number of halogens is 1. The van der Waals surface area contributed by atoms with Crippen molar-refractivity contribution in [2.45, 2.75) is 13.8 Å². The zero-order valence-electron chi connectivity index (χ0n) is 8.52. The number of ether oxygens (including phenoxy) is 1. The smallest absolute Gasteiger partial charge is 0.142 e. The van der Waals surface area contributed by atoms with Crippen molar-refractivity contribution in [1.82, 2.24) is 0 Å². The van der Waals surface area contributed by atoms with E-state index in [1.54, 1.807) is 7.11 Å². The number of methoxy groups -OCH3 is 1. The standard InChI is InChI=1S/C10H14ClNOS/c1-6-4-8(13-3)10(12-5-14)7(2)9(6)11/h4,12,14H,5H2,1-3H3. The number of aryl methyl sites for hydroxylation is 1. The summed E-state index contributed by atoms with van der Waals surface area (Å²) in [6, 6.07) is 1.92. The fourth-order valence-corrected chi connectivity index (χ4v) is 1.69. The summed E-state index contributed by atoms with van der Waals surface area (Å²) in [5.74, 6) is 1.36. The second-order valence-corrected chi connectivity index (χ2v) is 3.74. The second kappa shape index (κ2) is 4.80. The third kappa shape index (κ3) is 2.10. The van der Waals surface area contributed by atoms with Gasteiger partial charge in [0, 0.05) is 5.02 Å². The topological polar surface area (TPSA) is 21.3 Å². The Morgan fingerprint density at radius 1 is 1.50 bits per heavy atom. The highest BCUT2D eigenvalue weighted by Crippen LogP contribution is 2.35. The minimum atomic E-state index is 0.552. The lowest BCUT2D eigenvalue weighted by atomic mass is 10.1. The predicted octanol–water partition coefficient (Wildman–Crippen LogP) is 3.26. The van der Waals surface area contributed by atoms with Crippen LogP contribution in [0.1, 0.15) is 11.1 Å². The maximum atomic E-state index is 6.13. The molecule has 1 aromatic rings. The summed E-state index contributed by atoms with van der Waals surface area (Å²) < 4.78 is 5.26. The molecule has 0 aliphatic heterocycles. The number of anilines is 1. The van der Waals surface area contributed by atoms with Crippen molar-refractivity contribution in [2.24, 2.45) is 0 Å². The summed E-state index contributed by atoms with van der Waals surface area (Å²) in [7, 11) is 1.64. The van der Waals surface area contributed by atoms with Crippen molar-refractivity contribution < 1.29 is 4.74 Å². The van der Waals surface area contributed by atoms with Gasteiger partial charge in [-0.05, 0) is 31.0 Å². The van der Waals surface area contributed by atoms with Crippen LogP contribution in [0.5, 0.6) is 5.75 Å². The molecule has 4 heteroatoms. The van der Waals surface area contributed by atoms with Gasteiger partial charge in [0.1, 0.15) is 5.75 Å². The van der Waals surface area contributed by atoms with Gasteiger partial charge in [-0.1, -0.05) is 11.6 Å². The van der Waals surface area contributed by atoms with Gasteiger partial charge in [-0.2, -0.15) is 12.6 Å². The van der Waals surface area contributed by atoms with Crippen LogP contribution in [0.2, 0.25) is 5.02 Å².